The first kappa shape index (κ1) is 16.9. The van der Waals surface area contributed by atoms with Crippen LogP contribution in [0.25, 0.3) is 0 Å². The van der Waals surface area contributed by atoms with E-state index in [0.717, 1.165) is 45.6 Å². The van der Waals surface area contributed by atoms with Gasteiger partial charge in [0.05, 0.1) is 12.6 Å². The molecule has 0 aromatic rings. The van der Waals surface area contributed by atoms with Crippen molar-refractivity contribution in [2.75, 3.05) is 39.3 Å². The summed E-state index contributed by atoms with van der Waals surface area (Å²) in [4.78, 5) is 19.5. The second-order valence-electron chi connectivity index (χ2n) is 7.36. The van der Waals surface area contributed by atoms with E-state index in [4.69, 9.17) is 0 Å². The van der Waals surface area contributed by atoms with Crippen LogP contribution in [0.5, 0.6) is 0 Å². The Labute approximate surface area is 139 Å². The highest BCUT2D eigenvalue weighted by molar-refractivity contribution is 5.80. The fourth-order valence-electron chi connectivity index (χ4n) is 3.74. The van der Waals surface area contributed by atoms with Gasteiger partial charge in [-0.05, 0) is 45.4 Å². The SMILES string of the molecule is CC(O)CN1CCN(CC(=O)N(C2=CCCCC2)C2CC2)CC1. The van der Waals surface area contributed by atoms with E-state index in [0.29, 0.717) is 18.5 Å². The summed E-state index contributed by atoms with van der Waals surface area (Å²) < 4.78 is 0. The van der Waals surface area contributed by atoms with E-state index in [-0.39, 0.29) is 6.10 Å². The van der Waals surface area contributed by atoms with Crippen molar-refractivity contribution in [2.45, 2.75) is 57.6 Å². The van der Waals surface area contributed by atoms with Crippen LogP contribution in [0.1, 0.15) is 45.4 Å². The Hall–Kier alpha value is -0.910. The zero-order chi connectivity index (χ0) is 16.2. The molecule has 2 fully saturated rings. The van der Waals surface area contributed by atoms with Gasteiger partial charge in [0.25, 0.3) is 0 Å². The molecule has 5 nitrogen and oxygen atoms in total. The molecular weight excluding hydrogens is 290 g/mol. The van der Waals surface area contributed by atoms with Gasteiger partial charge in [-0.2, -0.15) is 0 Å². The molecule has 3 rings (SSSR count). The summed E-state index contributed by atoms with van der Waals surface area (Å²) in [6, 6.07) is 0.475. The number of β-amino-alcohol motifs (C(OH)–C–C–N with tert-alkyl or cyclic N) is 1. The zero-order valence-corrected chi connectivity index (χ0v) is 14.4. The number of carbonyl (C=O) groups excluding carboxylic acids is 1. The number of aliphatic hydroxyl groups is 1. The number of carbonyl (C=O) groups is 1. The van der Waals surface area contributed by atoms with Crippen LogP contribution in [-0.4, -0.2) is 77.1 Å². The van der Waals surface area contributed by atoms with E-state index >= 15 is 0 Å². The maximum atomic E-state index is 12.8. The summed E-state index contributed by atoms with van der Waals surface area (Å²) in [7, 11) is 0. The summed E-state index contributed by atoms with van der Waals surface area (Å²) >= 11 is 0. The lowest BCUT2D eigenvalue weighted by Crippen LogP contribution is -2.51. The molecule has 1 saturated heterocycles. The Morgan fingerprint density at radius 3 is 2.52 bits per heavy atom. The van der Waals surface area contributed by atoms with Crippen molar-refractivity contribution >= 4 is 5.91 Å². The first-order valence-corrected chi connectivity index (χ1v) is 9.27. The minimum Gasteiger partial charge on any atom is -0.392 e. The summed E-state index contributed by atoms with van der Waals surface area (Å²) in [5.74, 6) is 0.296. The third-order valence-electron chi connectivity index (χ3n) is 5.10. The fourth-order valence-corrected chi connectivity index (χ4v) is 3.74. The molecule has 1 aliphatic heterocycles. The molecule has 0 spiro atoms. The van der Waals surface area contributed by atoms with Crippen LogP contribution < -0.4 is 0 Å². The highest BCUT2D eigenvalue weighted by atomic mass is 16.3. The van der Waals surface area contributed by atoms with Crippen molar-refractivity contribution in [3.05, 3.63) is 11.8 Å². The molecule has 0 aromatic heterocycles. The number of rotatable bonds is 6. The molecule has 1 amide bonds. The lowest BCUT2D eigenvalue weighted by molar-refractivity contribution is -0.131. The minimum absolute atomic E-state index is 0.272. The van der Waals surface area contributed by atoms with Crippen LogP contribution in [0.15, 0.2) is 11.8 Å². The summed E-state index contributed by atoms with van der Waals surface area (Å²) in [6.45, 7) is 6.88. The minimum atomic E-state index is -0.272. The van der Waals surface area contributed by atoms with Crippen LogP contribution in [0, 0.1) is 0 Å². The quantitative estimate of drug-likeness (QED) is 0.804. The van der Waals surface area contributed by atoms with Gasteiger partial charge in [0, 0.05) is 44.5 Å². The smallest absolute Gasteiger partial charge is 0.241 e. The van der Waals surface area contributed by atoms with Crippen LogP contribution >= 0.6 is 0 Å². The maximum absolute atomic E-state index is 12.8. The maximum Gasteiger partial charge on any atom is 0.241 e. The molecule has 1 unspecified atom stereocenters. The Morgan fingerprint density at radius 2 is 1.96 bits per heavy atom. The van der Waals surface area contributed by atoms with Gasteiger partial charge >= 0.3 is 0 Å². The summed E-state index contributed by atoms with van der Waals surface area (Å²) in [5.41, 5.74) is 1.29. The molecule has 0 aromatic carbocycles. The molecule has 3 aliphatic rings. The van der Waals surface area contributed by atoms with Crippen molar-refractivity contribution in [2.24, 2.45) is 0 Å². The predicted octanol–water partition coefficient (Wildman–Crippen LogP) is 1.43. The number of hydrogen-bond donors (Lipinski definition) is 1. The van der Waals surface area contributed by atoms with Crippen molar-refractivity contribution in [1.82, 2.24) is 14.7 Å². The lowest BCUT2D eigenvalue weighted by Gasteiger charge is -2.36. The average molecular weight is 321 g/mol. The lowest BCUT2D eigenvalue weighted by atomic mass is 10.0. The fraction of sp³-hybridized carbons (Fsp3) is 0.833. The number of allylic oxidation sites excluding steroid dienone is 2. The largest absolute Gasteiger partial charge is 0.392 e. The van der Waals surface area contributed by atoms with E-state index in [1.165, 1.54) is 31.4 Å². The van der Waals surface area contributed by atoms with E-state index in [9.17, 15) is 9.90 Å². The molecule has 1 heterocycles. The first-order valence-electron chi connectivity index (χ1n) is 9.27. The number of hydrogen-bond acceptors (Lipinski definition) is 4. The van der Waals surface area contributed by atoms with E-state index in [2.05, 4.69) is 20.8 Å². The Bertz CT molecular complexity index is 438. The van der Waals surface area contributed by atoms with Crippen LogP contribution in [-0.2, 0) is 4.79 Å². The molecular formula is C18H31N3O2. The second-order valence-corrected chi connectivity index (χ2v) is 7.36. The molecule has 0 radical (unpaired) electrons. The van der Waals surface area contributed by atoms with Gasteiger partial charge in [0.1, 0.15) is 0 Å². The monoisotopic (exact) mass is 321 g/mol. The first-order chi connectivity index (χ1) is 11.1. The molecule has 5 heteroatoms. The molecule has 23 heavy (non-hydrogen) atoms. The van der Waals surface area contributed by atoms with Gasteiger partial charge < -0.3 is 10.0 Å². The molecule has 130 valence electrons. The molecule has 1 atom stereocenters. The highest BCUT2D eigenvalue weighted by Gasteiger charge is 2.35. The molecule has 0 bridgehead atoms. The van der Waals surface area contributed by atoms with Crippen LogP contribution in [0.4, 0.5) is 0 Å². The number of piperazine rings is 1. The average Bonchev–Trinajstić information content (AvgIpc) is 3.35. The normalized spacial score (nSPS) is 25.0. The highest BCUT2D eigenvalue weighted by Crippen LogP contribution is 2.33. The topological polar surface area (TPSA) is 47.0 Å². The van der Waals surface area contributed by atoms with Crippen molar-refractivity contribution in [3.63, 3.8) is 0 Å². The summed E-state index contributed by atoms with van der Waals surface area (Å²) in [5, 5.41) is 9.48. The van der Waals surface area contributed by atoms with Gasteiger partial charge in [-0.3, -0.25) is 14.6 Å². The van der Waals surface area contributed by atoms with Gasteiger partial charge in [0.2, 0.25) is 5.91 Å². The van der Waals surface area contributed by atoms with E-state index in [1.807, 2.05) is 6.92 Å². The summed E-state index contributed by atoms with van der Waals surface area (Å²) in [6.07, 6.45) is 9.05. The van der Waals surface area contributed by atoms with Gasteiger partial charge in [0.15, 0.2) is 0 Å². The Kier molecular flexibility index (Phi) is 5.72. The van der Waals surface area contributed by atoms with Gasteiger partial charge in [-0.25, -0.2) is 0 Å². The van der Waals surface area contributed by atoms with Crippen LogP contribution in [0.2, 0.25) is 0 Å². The predicted molar refractivity (Wildman–Crippen MR) is 91.0 cm³/mol. The Morgan fingerprint density at radius 1 is 1.26 bits per heavy atom. The molecule has 1 saturated carbocycles. The van der Waals surface area contributed by atoms with Gasteiger partial charge in [-0.1, -0.05) is 6.08 Å². The third kappa shape index (κ3) is 4.78. The number of amides is 1. The second kappa shape index (κ2) is 7.77. The number of nitrogens with zero attached hydrogens (tertiary/aromatic N) is 3. The zero-order valence-electron chi connectivity index (χ0n) is 14.4. The van der Waals surface area contributed by atoms with Gasteiger partial charge in [-0.15, -0.1) is 0 Å². The number of aliphatic hydroxyl groups excluding tert-OH is 1. The van der Waals surface area contributed by atoms with E-state index in [1.54, 1.807) is 0 Å². The third-order valence-corrected chi connectivity index (χ3v) is 5.10. The standard InChI is InChI=1S/C18H31N3O2/c1-15(22)13-19-9-11-20(12-10-19)14-18(23)21(17-7-8-17)16-5-3-2-4-6-16/h5,15,17,22H,2-4,6-14H2,1H3. The molecule has 2 aliphatic carbocycles. The van der Waals surface area contributed by atoms with Crippen LogP contribution in [0.3, 0.4) is 0 Å². The van der Waals surface area contributed by atoms with Crippen molar-refractivity contribution in [3.8, 4) is 0 Å². The van der Waals surface area contributed by atoms with E-state index < -0.39 is 0 Å². The Balaban J connectivity index is 1.51. The van der Waals surface area contributed by atoms with Crippen molar-refractivity contribution in [1.29, 1.82) is 0 Å². The molecule has 1 N–H and O–H groups in total. The van der Waals surface area contributed by atoms with Crippen molar-refractivity contribution < 1.29 is 9.90 Å².